The lowest BCUT2D eigenvalue weighted by atomic mass is 10.0. The molecule has 0 radical (unpaired) electrons. The van der Waals surface area contributed by atoms with Crippen LogP contribution in [0.2, 0.25) is 0 Å². The maximum atomic E-state index is 11.2. The highest BCUT2D eigenvalue weighted by Crippen LogP contribution is 2.55. The van der Waals surface area contributed by atoms with Crippen molar-refractivity contribution in [2.75, 3.05) is 27.7 Å². The zero-order valence-electron chi connectivity index (χ0n) is 11.4. The van der Waals surface area contributed by atoms with E-state index < -0.39 is 0 Å². The molecule has 2 rings (SSSR count). The molecule has 0 bridgehead atoms. The number of likely N-dealkylation sites (N-methyl/N-ethyl adjacent to an activating group) is 1. The Hall–Kier alpha value is -1.41. The lowest BCUT2D eigenvalue weighted by molar-refractivity contribution is 0.359. The Bertz CT molecular complexity index is 486. The molecule has 0 saturated heterocycles. The number of aryl methyl sites for hydroxylation is 1. The molecule has 1 N–H and O–H groups in total. The summed E-state index contributed by atoms with van der Waals surface area (Å²) >= 11 is 0. The van der Waals surface area contributed by atoms with Gasteiger partial charge in [-0.1, -0.05) is 29.8 Å². The minimum Gasteiger partial charge on any atom is -0.309 e. The van der Waals surface area contributed by atoms with Gasteiger partial charge in [-0.05, 0) is 33.6 Å². The predicted molar refractivity (Wildman–Crippen MR) is 73.2 cm³/mol. The maximum Gasteiger partial charge on any atom is 0.126 e. The fourth-order valence-electron chi connectivity index (χ4n) is 2.76. The Morgan fingerprint density at radius 3 is 2.39 bits per heavy atom. The Labute approximate surface area is 108 Å². The highest BCUT2D eigenvalue weighted by atomic mass is 16.1. The van der Waals surface area contributed by atoms with E-state index in [1.165, 1.54) is 5.56 Å². The Kier molecular flexibility index (Phi) is 3.40. The van der Waals surface area contributed by atoms with Crippen molar-refractivity contribution in [3.8, 4) is 0 Å². The van der Waals surface area contributed by atoms with Gasteiger partial charge in [0.2, 0.25) is 0 Å². The number of benzene rings is 1. The van der Waals surface area contributed by atoms with E-state index in [1.807, 2.05) is 21.1 Å². The predicted octanol–water partition coefficient (Wildman–Crippen LogP) is 1.36. The first-order valence-electron chi connectivity index (χ1n) is 6.22. The van der Waals surface area contributed by atoms with E-state index in [0.717, 1.165) is 17.7 Å². The summed E-state index contributed by atoms with van der Waals surface area (Å²) in [5, 5.41) is 3.32. The lowest BCUT2D eigenvalue weighted by Crippen LogP contribution is -2.30. The van der Waals surface area contributed by atoms with Crippen LogP contribution in [-0.4, -0.2) is 38.5 Å². The van der Waals surface area contributed by atoms with Crippen LogP contribution in [0.15, 0.2) is 29.8 Å². The van der Waals surface area contributed by atoms with Gasteiger partial charge in [-0.25, -0.2) is 4.79 Å². The summed E-state index contributed by atoms with van der Waals surface area (Å²) in [5.74, 6) is 2.35. The topological polar surface area (TPSA) is 32.3 Å². The summed E-state index contributed by atoms with van der Waals surface area (Å²) in [7, 11) is 5.96. The number of rotatable bonds is 4. The molecular formula is C15H20N2O. The molecule has 96 valence electrons. The van der Waals surface area contributed by atoms with Gasteiger partial charge in [-0.3, -0.25) is 0 Å². The first-order chi connectivity index (χ1) is 8.56. The standard InChI is InChI=1S/C15H20N2O/c1-11-5-7-12(8-6-11)15(16-2)13(9-17(3)4)14(15)10-18/h5-8,13,16H,9H2,1-4H3. The molecule has 1 aliphatic rings. The van der Waals surface area contributed by atoms with E-state index in [4.69, 9.17) is 0 Å². The molecule has 0 amide bonds. The highest BCUT2D eigenvalue weighted by Gasteiger charge is 2.61. The Morgan fingerprint density at radius 2 is 1.94 bits per heavy atom. The van der Waals surface area contributed by atoms with E-state index in [9.17, 15) is 4.79 Å². The van der Waals surface area contributed by atoms with E-state index in [2.05, 4.69) is 47.3 Å². The summed E-state index contributed by atoms with van der Waals surface area (Å²) in [6, 6.07) is 8.36. The van der Waals surface area contributed by atoms with Crippen LogP contribution in [0.3, 0.4) is 0 Å². The average Bonchev–Trinajstić information content (AvgIpc) is 2.96. The van der Waals surface area contributed by atoms with Crippen LogP contribution >= 0.6 is 0 Å². The molecule has 0 heterocycles. The third-order valence-corrected chi connectivity index (χ3v) is 3.77. The maximum absolute atomic E-state index is 11.2. The number of nitrogens with one attached hydrogen (secondary N) is 1. The zero-order chi connectivity index (χ0) is 13.3. The third kappa shape index (κ3) is 1.91. The highest BCUT2D eigenvalue weighted by molar-refractivity contribution is 5.71. The molecular weight excluding hydrogens is 224 g/mol. The minimum absolute atomic E-state index is 0.220. The van der Waals surface area contributed by atoms with E-state index in [1.54, 1.807) is 0 Å². The smallest absolute Gasteiger partial charge is 0.126 e. The van der Waals surface area contributed by atoms with Crippen molar-refractivity contribution in [1.29, 1.82) is 0 Å². The van der Waals surface area contributed by atoms with Crippen LogP contribution in [-0.2, 0) is 10.3 Å². The summed E-state index contributed by atoms with van der Waals surface area (Å²) in [4.78, 5) is 13.3. The average molecular weight is 244 g/mol. The fraction of sp³-hybridized carbons (Fsp3) is 0.467. The normalized spacial score (nSPS) is 26.3. The summed E-state index contributed by atoms with van der Waals surface area (Å²) < 4.78 is 0. The first-order valence-corrected chi connectivity index (χ1v) is 6.22. The van der Waals surface area contributed by atoms with Crippen molar-refractivity contribution < 1.29 is 4.79 Å². The van der Waals surface area contributed by atoms with Crippen LogP contribution in [0.4, 0.5) is 0 Å². The number of hydrogen-bond acceptors (Lipinski definition) is 3. The molecule has 0 aromatic heterocycles. The van der Waals surface area contributed by atoms with Crippen molar-refractivity contribution in [3.63, 3.8) is 0 Å². The van der Waals surface area contributed by atoms with Gasteiger partial charge in [-0.2, -0.15) is 0 Å². The van der Waals surface area contributed by atoms with Crippen LogP contribution < -0.4 is 5.32 Å². The summed E-state index contributed by atoms with van der Waals surface area (Å²) in [5.41, 5.74) is 2.91. The minimum atomic E-state index is -0.306. The first kappa shape index (κ1) is 13.0. The molecule has 3 nitrogen and oxygen atoms in total. The van der Waals surface area contributed by atoms with Crippen LogP contribution in [0, 0.1) is 12.8 Å². The number of hydrogen-bond donors (Lipinski definition) is 1. The summed E-state index contributed by atoms with van der Waals surface area (Å²) in [6.45, 7) is 2.93. The molecule has 1 fully saturated rings. The van der Waals surface area contributed by atoms with Gasteiger partial charge in [0, 0.05) is 18.0 Å². The third-order valence-electron chi connectivity index (χ3n) is 3.77. The van der Waals surface area contributed by atoms with Crippen molar-refractivity contribution in [1.82, 2.24) is 10.2 Å². The van der Waals surface area contributed by atoms with Gasteiger partial charge in [-0.15, -0.1) is 0 Å². The second-order valence-corrected chi connectivity index (χ2v) is 5.25. The van der Waals surface area contributed by atoms with Gasteiger partial charge in [0.15, 0.2) is 0 Å². The van der Waals surface area contributed by atoms with Crippen molar-refractivity contribution in [2.24, 2.45) is 5.92 Å². The van der Waals surface area contributed by atoms with Crippen LogP contribution in [0.1, 0.15) is 11.1 Å². The summed E-state index contributed by atoms with van der Waals surface area (Å²) in [6.07, 6.45) is 0. The Balaban J connectivity index is 2.38. The second-order valence-electron chi connectivity index (χ2n) is 5.25. The van der Waals surface area contributed by atoms with E-state index in [0.29, 0.717) is 0 Å². The SMILES string of the molecule is CNC1(c2ccc(C)cc2)C(=C=O)C1CN(C)C. The van der Waals surface area contributed by atoms with Gasteiger partial charge < -0.3 is 10.2 Å². The zero-order valence-corrected chi connectivity index (χ0v) is 11.4. The van der Waals surface area contributed by atoms with Crippen molar-refractivity contribution >= 4 is 5.94 Å². The van der Waals surface area contributed by atoms with Gasteiger partial charge >= 0.3 is 0 Å². The molecule has 1 aromatic rings. The van der Waals surface area contributed by atoms with E-state index >= 15 is 0 Å². The number of carbonyl (C=O) groups excluding carboxylic acids is 1. The van der Waals surface area contributed by atoms with Gasteiger partial charge in [0.1, 0.15) is 5.94 Å². The Morgan fingerprint density at radius 1 is 1.33 bits per heavy atom. The molecule has 0 spiro atoms. The van der Waals surface area contributed by atoms with Gasteiger partial charge in [0.25, 0.3) is 0 Å². The largest absolute Gasteiger partial charge is 0.309 e. The quantitative estimate of drug-likeness (QED) is 0.812. The van der Waals surface area contributed by atoms with E-state index in [-0.39, 0.29) is 11.5 Å². The number of nitrogens with zero attached hydrogens (tertiary/aromatic N) is 1. The molecule has 3 heteroatoms. The monoisotopic (exact) mass is 244 g/mol. The van der Waals surface area contributed by atoms with Crippen LogP contribution in [0.5, 0.6) is 0 Å². The molecule has 1 aliphatic carbocycles. The van der Waals surface area contributed by atoms with Crippen molar-refractivity contribution in [2.45, 2.75) is 12.5 Å². The van der Waals surface area contributed by atoms with Gasteiger partial charge in [0.05, 0.1) is 5.54 Å². The lowest BCUT2D eigenvalue weighted by Gasteiger charge is -2.18. The van der Waals surface area contributed by atoms with Crippen LogP contribution in [0.25, 0.3) is 0 Å². The fourth-order valence-corrected chi connectivity index (χ4v) is 2.76. The molecule has 1 aromatic carbocycles. The molecule has 2 unspecified atom stereocenters. The molecule has 1 saturated carbocycles. The second kappa shape index (κ2) is 4.69. The van der Waals surface area contributed by atoms with Crippen molar-refractivity contribution in [3.05, 3.63) is 41.0 Å². The molecule has 2 atom stereocenters. The molecule has 0 aliphatic heterocycles. The molecule has 18 heavy (non-hydrogen) atoms.